The van der Waals surface area contributed by atoms with Crippen LogP contribution in [0.15, 0.2) is 42.6 Å². The maximum Gasteiger partial charge on any atom is 0.156 e. The molecule has 2 heterocycles. The molecule has 0 aliphatic rings. The van der Waals surface area contributed by atoms with Crippen molar-refractivity contribution in [1.82, 2.24) is 15.0 Å². The standard InChI is InChI=1S/C18H20N4O/c1-13-10-15-17(19-11-13)18(22-16(21-15)8-5-9-23)20-12-14-6-3-2-4-7-14/h2-4,6-7,10-11,23H,5,8-9,12H2,1H3,(H,20,21,22). The van der Waals surface area contributed by atoms with Crippen LogP contribution in [0, 0.1) is 6.92 Å². The van der Waals surface area contributed by atoms with E-state index in [-0.39, 0.29) is 6.61 Å². The van der Waals surface area contributed by atoms with Crippen molar-refractivity contribution >= 4 is 16.9 Å². The monoisotopic (exact) mass is 308 g/mol. The van der Waals surface area contributed by atoms with Crippen LogP contribution < -0.4 is 5.32 Å². The molecular weight excluding hydrogens is 288 g/mol. The Balaban J connectivity index is 1.92. The second-order valence-corrected chi connectivity index (χ2v) is 5.54. The summed E-state index contributed by atoms with van der Waals surface area (Å²) < 4.78 is 0. The zero-order valence-electron chi connectivity index (χ0n) is 13.2. The molecule has 0 aliphatic heterocycles. The number of pyridine rings is 1. The van der Waals surface area contributed by atoms with Gasteiger partial charge in [0.15, 0.2) is 5.82 Å². The minimum absolute atomic E-state index is 0.139. The van der Waals surface area contributed by atoms with E-state index in [9.17, 15) is 0 Å². The fourth-order valence-corrected chi connectivity index (χ4v) is 2.42. The molecule has 0 aliphatic carbocycles. The highest BCUT2D eigenvalue weighted by atomic mass is 16.2. The van der Waals surface area contributed by atoms with Gasteiger partial charge in [-0.15, -0.1) is 0 Å². The van der Waals surface area contributed by atoms with Crippen molar-refractivity contribution in [3.8, 4) is 0 Å². The van der Waals surface area contributed by atoms with Crippen molar-refractivity contribution in [2.75, 3.05) is 11.9 Å². The average Bonchev–Trinajstić information content (AvgIpc) is 2.58. The molecule has 3 rings (SSSR count). The van der Waals surface area contributed by atoms with Crippen LogP contribution in [-0.4, -0.2) is 26.7 Å². The lowest BCUT2D eigenvalue weighted by Crippen LogP contribution is -2.07. The molecule has 2 aromatic heterocycles. The molecule has 0 spiro atoms. The Hall–Kier alpha value is -2.53. The number of benzene rings is 1. The molecule has 3 aromatic rings. The zero-order chi connectivity index (χ0) is 16.1. The molecule has 1 aromatic carbocycles. The summed E-state index contributed by atoms with van der Waals surface area (Å²) in [5, 5.41) is 12.4. The van der Waals surface area contributed by atoms with E-state index in [1.165, 1.54) is 5.56 Å². The highest BCUT2D eigenvalue weighted by molar-refractivity contribution is 5.85. The fraction of sp³-hybridized carbons (Fsp3) is 0.278. The molecule has 0 radical (unpaired) electrons. The lowest BCUT2D eigenvalue weighted by molar-refractivity contribution is 0.287. The molecule has 0 unspecified atom stereocenters. The first-order valence-corrected chi connectivity index (χ1v) is 7.78. The summed E-state index contributed by atoms with van der Waals surface area (Å²) in [6, 6.07) is 12.2. The van der Waals surface area contributed by atoms with Gasteiger partial charge in [0.2, 0.25) is 0 Å². The lowest BCUT2D eigenvalue weighted by Gasteiger charge is -2.10. The Bertz CT molecular complexity index is 790. The molecule has 2 N–H and O–H groups in total. The highest BCUT2D eigenvalue weighted by Crippen LogP contribution is 2.20. The van der Waals surface area contributed by atoms with E-state index in [1.54, 1.807) is 0 Å². The zero-order valence-corrected chi connectivity index (χ0v) is 13.2. The van der Waals surface area contributed by atoms with Crippen LogP contribution in [0.25, 0.3) is 11.0 Å². The van der Waals surface area contributed by atoms with Gasteiger partial charge in [0.1, 0.15) is 11.3 Å². The molecule has 0 amide bonds. The van der Waals surface area contributed by atoms with Gasteiger partial charge in [0, 0.05) is 25.8 Å². The van der Waals surface area contributed by atoms with Crippen LogP contribution in [0.5, 0.6) is 0 Å². The molecule has 0 bridgehead atoms. The molecule has 0 atom stereocenters. The minimum atomic E-state index is 0.139. The Morgan fingerprint density at radius 2 is 1.96 bits per heavy atom. The number of hydrogen-bond donors (Lipinski definition) is 2. The minimum Gasteiger partial charge on any atom is -0.396 e. The predicted molar refractivity (Wildman–Crippen MR) is 91.2 cm³/mol. The second kappa shape index (κ2) is 7.15. The SMILES string of the molecule is Cc1cnc2c(NCc3ccccc3)nc(CCCO)nc2c1. The number of fused-ring (bicyclic) bond motifs is 1. The Morgan fingerprint density at radius 3 is 2.74 bits per heavy atom. The van der Waals surface area contributed by atoms with Crippen LogP contribution >= 0.6 is 0 Å². The van der Waals surface area contributed by atoms with Crippen LogP contribution in [0.2, 0.25) is 0 Å². The van der Waals surface area contributed by atoms with Gasteiger partial charge in [-0.2, -0.15) is 0 Å². The number of hydrogen-bond acceptors (Lipinski definition) is 5. The van der Waals surface area contributed by atoms with Crippen molar-refractivity contribution in [1.29, 1.82) is 0 Å². The number of anilines is 1. The van der Waals surface area contributed by atoms with Crippen molar-refractivity contribution < 1.29 is 5.11 Å². The van der Waals surface area contributed by atoms with Crippen molar-refractivity contribution in [3.05, 3.63) is 59.5 Å². The Kier molecular flexibility index (Phi) is 4.78. The van der Waals surface area contributed by atoms with Gasteiger partial charge >= 0.3 is 0 Å². The molecule has 0 saturated carbocycles. The van der Waals surface area contributed by atoms with Crippen molar-refractivity contribution in [2.45, 2.75) is 26.3 Å². The summed E-state index contributed by atoms with van der Waals surface area (Å²) in [4.78, 5) is 13.6. The third-order valence-electron chi connectivity index (χ3n) is 3.58. The number of nitrogens with zero attached hydrogens (tertiary/aromatic N) is 3. The van der Waals surface area contributed by atoms with Gasteiger partial charge in [-0.1, -0.05) is 30.3 Å². The predicted octanol–water partition coefficient (Wildman–Crippen LogP) is 2.87. The maximum absolute atomic E-state index is 9.02. The molecule has 0 saturated heterocycles. The third-order valence-corrected chi connectivity index (χ3v) is 3.58. The van der Waals surface area contributed by atoms with E-state index in [1.807, 2.05) is 37.4 Å². The van der Waals surface area contributed by atoms with Crippen LogP contribution in [0.4, 0.5) is 5.82 Å². The van der Waals surface area contributed by atoms with Crippen LogP contribution in [-0.2, 0) is 13.0 Å². The van der Waals surface area contributed by atoms with Gasteiger partial charge in [0.25, 0.3) is 0 Å². The number of aliphatic hydroxyl groups excluding tert-OH is 1. The normalized spacial score (nSPS) is 10.9. The van der Waals surface area contributed by atoms with E-state index in [4.69, 9.17) is 5.11 Å². The molecule has 5 nitrogen and oxygen atoms in total. The van der Waals surface area contributed by atoms with Gasteiger partial charge < -0.3 is 10.4 Å². The fourth-order valence-electron chi connectivity index (χ4n) is 2.42. The maximum atomic E-state index is 9.02. The summed E-state index contributed by atoms with van der Waals surface area (Å²) in [6.45, 7) is 2.82. The van der Waals surface area contributed by atoms with Gasteiger partial charge in [-0.3, -0.25) is 4.98 Å². The summed E-state index contributed by atoms with van der Waals surface area (Å²) in [5.41, 5.74) is 3.87. The van der Waals surface area contributed by atoms with E-state index in [2.05, 4.69) is 32.4 Å². The van der Waals surface area contributed by atoms with Gasteiger partial charge in [-0.25, -0.2) is 9.97 Å². The molecule has 0 fully saturated rings. The topological polar surface area (TPSA) is 70.9 Å². The van der Waals surface area contributed by atoms with Crippen molar-refractivity contribution in [3.63, 3.8) is 0 Å². The molecule has 118 valence electrons. The van der Waals surface area contributed by atoms with E-state index >= 15 is 0 Å². The van der Waals surface area contributed by atoms with Gasteiger partial charge in [0.05, 0.1) is 5.52 Å². The van der Waals surface area contributed by atoms with Crippen LogP contribution in [0.1, 0.15) is 23.4 Å². The first kappa shape index (κ1) is 15.4. The largest absolute Gasteiger partial charge is 0.396 e. The smallest absolute Gasteiger partial charge is 0.156 e. The molecule has 5 heteroatoms. The number of aryl methyl sites for hydroxylation is 2. The van der Waals surface area contributed by atoms with E-state index in [0.29, 0.717) is 19.4 Å². The summed E-state index contributed by atoms with van der Waals surface area (Å²) >= 11 is 0. The third kappa shape index (κ3) is 3.81. The van der Waals surface area contributed by atoms with Crippen molar-refractivity contribution in [2.24, 2.45) is 0 Å². The van der Waals surface area contributed by atoms with E-state index in [0.717, 1.165) is 28.2 Å². The van der Waals surface area contributed by atoms with Crippen LogP contribution in [0.3, 0.4) is 0 Å². The number of nitrogens with one attached hydrogen (secondary N) is 1. The first-order chi connectivity index (χ1) is 11.3. The summed E-state index contributed by atoms with van der Waals surface area (Å²) in [5.74, 6) is 1.47. The Labute approximate surface area is 135 Å². The van der Waals surface area contributed by atoms with E-state index < -0.39 is 0 Å². The number of aliphatic hydroxyl groups is 1. The molecular formula is C18H20N4O. The number of aromatic nitrogens is 3. The highest BCUT2D eigenvalue weighted by Gasteiger charge is 2.09. The molecule has 23 heavy (non-hydrogen) atoms. The first-order valence-electron chi connectivity index (χ1n) is 7.78. The average molecular weight is 308 g/mol. The second-order valence-electron chi connectivity index (χ2n) is 5.54. The quantitative estimate of drug-likeness (QED) is 0.732. The Morgan fingerprint density at radius 1 is 1.13 bits per heavy atom. The number of rotatable bonds is 6. The van der Waals surface area contributed by atoms with Gasteiger partial charge in [-0.05, 0) is 30.5 Å². The summed E-state index contributed by atoms with van der Waals surface area (Å²) in [6.07, 6.45) is 3.13. The summed E-state index contributed by atoms with van der Waals surface area (Å²) in [7, 11) is 0. The lowest BCUT2D eigenvalue weighted by atomic mass is 10.2.